The summed E-state index contributed by atoms with van der Waals surface area (Å²) in [5, 5.41) is 16.8. The lowest BCUT2D eigenvalue weighted by Crippen LogP contribution is -2.48. The molecule has 0 amide bonds. The number of hydrogen-bond donors (Lipinski definition) is 3. The van der Waals surface area contributed by atoms with Crippen molar-refractivity contribution in [3.63, 3.8) is 0 Å². The van der Waals surface area contributed by atoms with Gasteiger partial charge in [0.1, 0.15) is 11.5 Å². The van der Waals surface area contributed by atoms with Crippen molar-refractivity contribution >= 4 is 5.96 Å². The molecule has 2 rings (SSSR count). The standard InChI is InChI=1S/C19H30N4O2/c1-4-10-23-11-8-16(9-12-23)22-19(20-5-2)21-14-15-13-17(25-3)6-7-18(15)24/h4,6-7,13,16,24H,1,5,8-12,14H2,2-3H3,(H2,20,21,22). The Kier molecular flexibility index (Phi) is 7.60. The monoisotopic (exact) mass is 346 g/mol. The van der Waals surface area contributed by atoms with E-state index in [9.17, 15) is 5.11 Å². The molecule has 1 aromatic carbocycles. The van der Waals surface area contributed by atoms with E-state index in [0.29, 0.717) is 12.6 Å². The largest absolute Gasteiger partial charge is 0.508 e. The number of likely N-dealkylation sites (tertiary alicyclic amines) is 1. The van der Waals surface area contributed by atoms with Crippen LogP contribution in [0.3, 0.4) is 0 Å². The molecule has 6 nitrogen and oxygen atoms in total. The molecule has 3 N–H and O–H groups in total. The maximum atomic E-state index is 10.00. The zero-order chi connectivity index (χ0) is 18.1. The Hall–Kier alpha value is -2.21. The lowest BCUT2D eigenvalue weighted by molar-refractivity contribution is 0.225. The van der Waals surface area contributed by atoms with Gasteiger partial charge >= 0.3 is 0 Å². The second kappa shape index (κ2) is 9.93. The van der Waals surface area contributed by atoms with Crippen molar-refractivity contribution in [1.29, 1.82) is 0 Å². The van der Waals surface area contributed by atoms with Gasteiger partial charge in [0.2, 0.25) is 0 Å². The molecular weight excluding hydrogens is 316 g/mol. The van der Waals surface area contributed by atoms with E-state index >= 15 is 0 Å². The molecule has 1 aromatic rings. The smallest absolute Gasteiger partial charge is 0.191 e. The first-order valence-electron chi connectivity index (χ1n) is 8.90. The topological polar surface area (TPSA) is 69.1 Å². The molecule has 0 unspecified atom stereocenters. The first kappa shape index (κ1) is 19.1. The van der Waals surface area contributed by atoms with E-state index in [4.69, 9.17) is 4.74 Å². The average Bonchev–Trinajstić information content (AvgIpc) is 2.63. The Morgan fingerprint density at radius 1 is 1.44 bits per heavy atom. The maximum Gasteiger partial charge on any atom is 0.191 e. The quantitative estimate of drug-likeness (QED) is 0.401. The summed E-state index contributed by atoms with van der Waals surface area (Å²) in [5.74, 6) is 1.74. The van der Waals surface area contributed by atoms with Gasteiger partial charge in [0.15, 0.2) is 5.96 Å². The normalized spacial score (nSPS) is 16.5. The summed E-state index contributed by atoms with van der Waals surface area (Å²) < 4.78 is 5.21. The van der Waals surface area contributed by atoms with Gasteiger partial charge in [0, 0.05) is 37.8 Å². The van der Waals surface area contributed by atoms with Gasteiger partial charge in [0.05, 0.1) is 13.7 Å². The molecule has 1 fully saturated rings. The van der Waals surface area contributed by atoms with Crippen LogP contribution < -0.4 is 15.4 Å². The van der Waals surface area contributed by atoms with Crippen molar-refractivity contribution in [1.82, 2.24) is 15.5 Å². The lowest BCUT2D eigenvalue weighted by atomic mass is 10.1. The minimum Gasteiger partial charge on any atom is -0.508 e. The summed E-state index contributed by atoms with van der Waals surface area (Å²) in [7, 11) is 1.61. The highest BCUT2D eigenvalue weighted by molar-refractivity contribution is 5.80. The Morgan fingerprint density at radius 2 is 2.20 bits per heavy atom. The minimum absolute atomic E-state index is 0.234. The van der Waals surface area contributed by atoms with Crippen LogP contribution in [0.25, 0.3) is 0 Å². The molecule has 1 aliphatic heterocycles. The Balaban J connectivity index is 1.96. The summed E-state index contributed by atoms with van der Waals surface area (Å²) in [6, 6.07) is 5.61. The highest BCUT2D eigenvalue weighted by atomic mass is 16.5. The van der Waals surface area contributed by atoms with Crippen LogP contribution in [0.15, 0.2) is 35.8 Å². The molecule has 25 heavy (non-hydrogen) atoms. The number of guanidine groups is 1. The number of phenolic OH excluding ortho intramolecular Hbond substituents is 1. The fraction of sp³-hybridized carbons (Fsp3) is 0.526. The number of aliphatic imine (C=N–C) groups is 1. The van der Waals surface area contributed by atoms with E-state index in [1.54, 1.807) is 19.2 Å². The van der Waals surface area contributed by atoms with E-state index in [1.807, 2.05) is 19.1 Å². The van der Waals surface area contributed by atoms with E-state index in [0.717, 1.165) is 56.3 Å². The molecular formula is C19H30N4O2. The molecule has 6 heteroatoms. The number of phenols is 1. The molecule has 1 saturated heterocycles. The molecule has 0 bridgehead atoms. The number of hydrogen-bond acceptors (Lipinski definition) is 4. The van der Waals surface area contributed by atoms with E-state index < -0.39 is 0 Å². The number of nitrogens with one attached hydrogen (secondary N) is 2. The number of ether oxygens (including phenoxy) is 1. The number of benzene rings is 1. The molecule has 0 spiro atoms. The number of aromatic hydroxyl groups is 1. The fourth-order valence-electron chi connectivity index (χ4n) is 2.94. The van der Waals surface area contributed by atoms with Gasteiger partial charge in [-0.25, -0.2) is 4.99 Å². The Bertz CT molecular complexity index is 581. The average molecular weight is 346 g/mol. The van der Waals surface area contributed by atoms with Crippen molar-refractivity contribution in [3.8, 4) is 11.5 Å². The molecule has 0 aliphatic carbocycles. The zero-order valence-corrected chi connectivity index (χ0v) is 15.3. The second-order valence-corrected chi connectivity index (χ2v) is 6.20. The molecule has 0 atom stereocenters. The van der Waals surface area contributed by atoms with E-state index in [-0.39, 0.29) is 5.75 Å². The zero-order valence-electron chi connectivity index (χ0n) is 15.3. The summed E-state index contributed by atoms with van der Waals surface area (Å²) in [5.41, 5.74) is 0.748. The molecule has 0 radical (unpaired) electrons. The predicted octanol–water partition coefficient (Wildman–Crippen LogP) is 2.11. The van der Waals surface area contributed by atoms with Crippen LogP contribution in [0, 0.1) is 0 Å². The summed E-state index contributed by atoms with van der Waals surface area (Å²) in [6.07, 6.45) is 4.13. The first-order valence-corrected chi connectivity index (χ1v) is 8.90. The summed E-state index contributed by atoms with van der Waals surface area (Å²) >= 11 is 0. The number of rotatable bonds is 7. The van der Waals surface area contributed by atoms with Crippen molar-refractivity contribution in [3.05, 3.63) is 36.4 Å². The molecule has 138 valence electrons. The molecule has 0 aromatic heterocycles. The van der Waals surface area contributed by atoms with Gasteiger partial charge in [0.25, 0.3) is 0 Å². The lowest BCUT2D eigenvalue weighted by Gasteiger charge is -2.32. The third-order valence-electron chi connectivity index (χ3n) is 4.35. The number of piperidine rings is 1. The van der Waals surface area contributed by atoms with Gasteiger partial charge in [-0.3, -0.25) is 4.90 Å². The predicted molar refractivity (Wildman–Crippen MR) is 102 cm³/mol. The highest BCUT2D eigenvalue weighted by Gasteiger charge is 2.19. The van der Waals surface area contributed by atoms with Crippen molar-refractivity contribution in [2.75, 3.05) is 33.3 Å². The molecule has 0 saturated carbocycles. The van der Waals surface area contributed by atoms with Crippen molar-refractivity contribution in [2.24, 2.45) is 4.99 Å². The highest BCUT2D eigenvalue weighted by Crippen LogP contribution is 2.23. The van der Waals surface area contributed by atoms with Crippen LogP contribution in [-0.4, -0.2) is 55.3 Å². The van der Waals surface area contributed by atoms with Crippen LogP contribution in [0.2, 0.25) is 0 Å². The van der Waals surface area contributed by atoms with Gasteiger partial charge in [-0.2, -0.15) is 0 Å². The molecule has 1 heterocycles. The van der Waals surface area contributed by atoms with Crippen LogP contribution in [0.5, 0.6) is 11.5 Å². The molecule has 1 aliphatic rings. The van der Waals surface area contributed by atoms with E-state index in [2.05, 4.69) is 27.1 Å². The van der Waals surface area contributed by atoms with Gasteiger partial charge < -0.3 is 20.5 Å². The third kappa shape index (κ3) is 5.98. The van der Waals surface area contributed by atoms with E-state index in [1.165, 1.54) is 0 Å². The summed E-state index contributed by atoms with van der Waals surface area (Å²) in [6.45, 7) is 10.1. The Labute approximate surface area is 150 Å². The summed E-state index contributed by atoms with van der Waals surface area (Å²) in [4.78, 5) is 7.02. The van der Waals surface area contributed by atoms with Crippen LogP contribution in [-0.2, 0) is 6.54 Å². The van der Waals surface area contributed by atoms with Crippen molar-refractivity contribution in [2.45, 2.75) is 32.4 Å². The van der Waals surface area contributed by atoms with Crippen molar-refractivity contribution < 1.29 is 9.84 Å². The van der Waals surface area contributed by atoms with Crippen LogP contribution in [0.4, 0.5) is 0 Å². The van der Waals surface area contributed by atoms with Gasteiger partial charge in [-0.15, -0.1) is 6.58 Å². The third-order valence-corrected chi connectivity index (χ3v) is 4.35. The van der Waals surface area contributed by atoms with Gasteiger partial charge in [-0.1, -0.05) is 6.08 Å². The maximum absolute atomic E-state index is 10.00. The fourth-order valence-corrected chi connectivity index (χ4v) is 2.94. The number of methoxy groups -OCH3 is 1. The number of nitrogens with zero attached hydrogens (tertiary/aromatic N) is 2. The van der Waals surface area contributed by atoms with Crippen LogP contribution in [0.1, 0.15) is 25.3 Å². The minimum atomic E-state index is 0.234. The second-order valence-electron chi connectivity index (χ2n) is 6.20. The van der Waals surface area contributed by atoms with Crippen LogP contribution >= 0.6 is 0 Å². The Morgan fingerprint density at radius 3 is 2.84 bits per heavy atom. The first-order chi connectivity index (χ1) is 12.2. The van der Waals surface area contributed by atoms with Gasteiger partial charge in [-0.05, 0) is 38.0 Å². The SMILES string of the molecule is C=CCN1CCC(NC(=NCc2cc(OC)ccc2O)NCC)CC1.